The summed E-state index contributed by atoms with van der Waals surface area (Å²) in [5.41, 5.74) is 23.9. The summed E-state index contributed by atoms with van der Waals surface area (Å²) in [6, 6.07) is 4.08. The molecule has 5 unspecified atom stereocenters. The molecule has 0 radical (unpaired) electrons. The Labute approximate surface area is 282 Å². The van der Waals surface area contributed by atoms with E-state index in [1.165, 1.54) is 6.92 Å². The third-order valence-electron chi connectivity index (χ3n) is 7.54. The maximum atomic E-state index is 13.6. The van der Waals surface area contributed by atoms with Crippen LogP contribution in [0.1, 0.15) is 70.3 Å². The number of unbranched alkanes of at least 4 members (excludes halogenated alkanes) is 3. The van der Waals surface area contributed by atoms with Crippen LogP contribution in [-0.2, 0) is 35.2 Å². The predicted molar refractivity (Wildman–Crippen MR) is 181 cm³/mol. The quantitative estimate of drug-likeness (QED) is 0.0510. The number of hydrogen-bond acceptors (Lipinski definition) is 10. The van der Waals surface area contributed by atoms with Gasteiger partial charge >= 0.3 is 5.97 Å². The number of nitrogens with two attached hydrogens (primary N) is 4. The van der Waals surface area contributed by atoms with Crippen molar-refractivity contribution in [2.45, 2.75) is 101 Å². The molecule has 16 heteroatoms. The second kappa shape index (κ2) is 24.1. The Morgan fingerprint density at radius 2 is 1.04 bits per heavy atom. The zero-order valence-electron chi connectivity index (χ0n) is 27.9. The van der Waals surface area contributed by atoms with Crippen LogP contribution in [0.15, 0.2) is 30.3 Å². The lowest BCUT2D eigenvalue weighted by molar-refractivity contribution is -0.138. The van der Waals surface area contributed by atoms with E-state index in [0.717, 1.165) is 5.56 Å². The molecule has 0 aromatic heterocycles. The maximum absolute atomic E-state index is 13.6. The minimum Gasteiger partial charge on any atom is -0.480 e. The number of carbonyl (C=O) groups excluding carboxylic acids is 5. The number of carboxylic acid groups (broad SMARTS) is 1. The van der Waals surface area contributed by atoms with Crippen molar-refractivity contribution in [3.63, 3.8) is 0 Å². The first-order chi connectivity index (χ1) is 22.9. The predicted octanol–water partition coefficient (Wildman–Crippen LogP) is -1.90. The number of carboxylic acids is 1. The molecule has 14 N–H and O–H groups in total. The first kappa shape index (κ1) is 41.9. The van der Waals surface area contributed by atoms with Crippen molar-refractivity contribution < 1.29 is 33.9 Å². The maximum Gasteiger partial charge on any atom is 0.322 e. The third kappa shape index (κ3) is 17.2. The molecule has 1 rings (SSSR count). The van der Waals surface area contributed by atoms with Gasteiger partial charge in [-0.3, -0.25) is 28.8 Å². The summed E-state index contributed by atoms with van der Waals surface area (Å²) in [6.07, 6.45) is 4.20. The van der Waals surface area contributed by atoms with Gasteiger partial charge in [-0.25, -0.2) is 0 Å². The highest BCUT2D eigenvalue weighted by Gasteiger charge is 2.31. The summed E-state index contributed by atoms with van der Waals surface area (Å²) in [4.78, 5) is 76.4. The van der Waals surface area contributed by atoms with Crippen LogP contribution in [0.2, 0.25) is 0 Å². The number of carbonyl (C=O) groups is 6. The molecule has 1 aromatic rings. The lowest BCUT2D eigenvalue weighted by atomic mass is 10.0. The highest BCUT2D eigenvalue weighted by atomic mass is 16.4. The summed E-state index contributed by atoms with van der Waals surface area (Å²) in [5, 5.41) is 21.7. The number of nitrogens with one attached hydrogen (secondary N) is 5. The lowest BCUT2D eigenvalue weighted by Gasteiger charge is -2.26. The summed E-state index contributed by atoms with van der Waals surface area (Å²) < 4.78 is 0. The second-order valence-electron chi connectivity index (χ2n) is 11.7. The zero-order chi connectivity index (χ0) is 35.9. The fourth-order valence-electron chi connectivity index (χ4n) is 4.76. The van der Waals surface area contributed by atoms with Crippen LogP contribution in [0, 0.1) is 0 Å². The summed E-state index contributed by atoms with van der Waals surface area (Å²) >= 11 is 0. The Kier molecular flexibility index (Phi) is 21.0. The van der Waals surface area contributed by atoms with Gasteiger partial charge in [-0.2, -0.15) is 0 Å². The van der Waals surface area contributed by atoms with Crippen molar-refractivity contribution >= 4 is 35.5 Å². The molecule has 5 amide bonds. The number of aliphatic carboxylic acids is 1. The fourth-order valence-corrected chi connectivity index (χ4v) is 4.76. The van der Waals surface area contributed by atoms with Gasteiger partial charge in [0.15, 0.2) is 0 Å². The Morgan fingerprint density at radius 3 is 1.46 bits per heavy atom. The van der Waals surface area contributed by atoms with E-state index in [1.54, 1.807) is 0 Å². The smallest absolute Gasteiger partial charge is 0.322 e. The van der Waals surface area contributed by atoms with Gasteiger partial charge < -0.3 is 54.6 Å². The van der Waals surface area contributed by atoms with Gasteiger partial charge in [0.25, 0.3) is 0 Å². The molecule has 16 nitrogen and oxygen atoms in total. The van der Waals surface area contributed by atoms with Crippen LogP contribution in [0.3, 0.4) is 0 Å². The van der Waals surface area contributed by atoms with Crippen molar-refractivity contribution in [3.05, 3.63) is 35.9 Å². The van der Waals surface area contributed by atoms with Gasteiger partial charge in [0, 0.05) is 0 Å². The van der Waals surface area contributed by atoms with E-state index in [2.05, 4.69) is 26.6 Å². The molecular formula is C32H55N9O7. The highest BCUT2D eigenvalue weighted by Crippen LogP contribution is 2.09. The molecule has 0 aliphatic rings. The van der Waals surface area contributed by atoms with Crippen LogP contribution in [0.4, 0.5) is 0 Å². The van der Waals surface area contributed by atoms with E-state index in [0.29, 0.717) is 58.2 Å². The molecule has 270 valence electrons. The van der Waals surface area contributed by atoms with E-state index >= 15 is 0 Å². The van der Waals surface area contributed by atoms with E-state index < -0.39 is 72.3 Å². The highest BCUT2D eigenvalue weighted by molar-refractivity contribution is 5.96. The number of amides is 5. The standard InChI is InChI=1S/C32H55N9O7/c1-21(28(44)37-20-27(42)43)38-30(46)24(13-5-8-16-33)40-32(48)26(15-7-10-18-35)41-31(47)25(14-6-9-17-34)39-29(45)23(36)19-22-11-3-2-4-12-22/h2-4,11-12,21,23-26H,5-10,13-20,33-36H2,1H3,(H,37,44)(H,38,46)(H,39,45)(H,40,48)(H,41,47)(H,42,43). The Balaban J connectivity index is 3.10. The van der Waals surface area contributed by atoms with Gasteiger partial charge in [0.1, 0.15) is 30.7 Å². The molecule has 1 aromatic carbocycles. The van der Waals surface area contributed by atoms with Gasteiger partial charge in [-0.15, -0.1) is 0 Å². The monoisotopic (exact) mass is 677 g/mol. The van der Waals surface area contributed by atoms with E-state index in [1.807, 2.05) is 30.3 Å². The molecule has 48 heavy (non-hydrogen) atoms. The largest absolute Gasteiger partial charge is 0.480 e. The molecule has 0 aliphatic carbocycles. The summed E-state index contributed by atoms with van der Waals surface area (Å²) in [6.45, 7) is 1.89. The molecule has 0 aliphatic heterocycles. The lowest BCUT2D eigenvalue weighted by Crippen LogP contribution is -2.58. The van der Waals surface area contributed by atoms with Crippen LogP contribution in [-0.4, -0.2) is 97.0 Å². The average Bonchev–Trinajstić information content (AvgIpc) is 3.06. The SMILES string of the molecule is CC(NC(=O)C(CCCCN)NC(=O)C(CCCCN)NC(=O)C(CCCCN)NC(=O)C(N)Cc1ccccc1)C(=O)NCC(=O)O. The van der Waals surface area contributed by atoms with E-state index in [-0.39, 0.29) is 25.7 Å². The number of hydrogen-bond donors (Lipinski definition) is 10. The van der Waals surface area contributed by atoms with E-state index in [9.17, 15) is 28.8 Å². The minimum absolute atomic E-state index is 0.193. The van der Waals surface area contributed by atoms with Gasteiger partial charge in [-0.1, -0.05) is 30.3 Å². The van der Waals surface area contributed by atoms with Crippen molar-refractivity contribution in [3.8, 4) is 0 Å². The van der Waals surface area contributed by atoms with Crippen LogP contribution in [0.25, 0.3) is 0 Å². The molecular weight excluding hydrogens is 622 g/mol. The molecule has 0 heterocycles. The number of benzene rings is 1. The Morgan fingerprint density at radius 1 is 0.625 bits per heavy atom. The zero-order valence-corrected chi connectivity index (χ0v) is 27.9. The van der Waals surface area contributed by atoms with Gasteiger partial charge in [-0.05, 0) is 96.3 Å². The number of rotatable bonds is 25. The van der Waals surface area contributed by atoms with Crippen molar-refractivity contribution in [1.82, 2.24) is 26.6 Å². The molecule has 0 bridgehead atoms. The molecule has 0 saturated heterocycles. The fraction of sp³-hybridized carbons (Fsp3) is 0.625. The van der Waals surface area contributed by atoms with Crippen LogP contribution >= 0.6 is 0 Å². The summed E-state index contributed by atoms with van der Waals surface area (Å²) in [7, 11) is 0. The topological polar surface area (TPSA) is 287 Å². The minimum atomic E-state index is -1.24. The first-order valence-corrected chi connectivity index (χ1v) is 16.5. The van der Waals surface area contributed by atoms with Crippen LogP contribution < -0.4 is 49.5 Å². The van der Waals surface area contributed by atoms with Gasteiger partial charge in [0.2, 0.25) is 29.5 Å². The van der Waals surface area contributed by atoms with Crippen molar-refractivity contribution in [2.75, 3.05) is 26.2 Å². The first-order valence-electron chi connectivity index (χ1n) is 16.5. The normalized spacial score (nSPS) is 14.0. The molecule has 0 spiro atoms. The van der Waals surface area contributed by atoms with Crippen LogP contribution in [0.5, 0.6) is 0 Å². The Bertz CT molecular complexity index is 1160. The molecule has 0 saturated carbocycles. The van der Waals surface area contributed by atoms with E-state index in [4.69, 9.17) is 28.0 Å². The molecule has 0 fully saturated rings. The average molecular weight is 678 g/mol. The van der Waals surface area contributed by atoms with Gasteiger partial charge in [0.05, 0.1) is 6.04 Å². The third-order valence-corrected chi connectivity index (χ3v) is 7.54. The second-order valence-corrected chi connectivity index (χ2v) is 11.7. The van der Waals surface area contributed by atoms with Crippen molar-refractivity contribution in [2.24, 2.45) is 22.9 Å². The Hall–Kier alpha value is -4.12. The molecule has 5 atom stereocenters. The summed E-state index contributed by atoms with van der Waals surface area (Å²) in [5.74, 6) is -4.36. The van der Waals surface area contributed by atoms with Crippen molar-refractivity contribution in [1.29, 1.82) is 0 Å².